The number of hydrogen-bond donors (Lipinski definition) is 2. The van der Waals surface area contributed by atoms with Crippen LogP contribution in [0, 0.1) is 0 Å². The molecule has 0 saturated heterocycles. The normalized spacial score (nSPS) is 15.9. The van der Waals surface area contributed by atoms with Crippen molar-refractivity contribution in [2.75, 3.05) is 32.4 Å². The third-order valence-corrected chi connectivity index (χ3v) is 4.19. The minimum Gasteiger partial charge on any atom is -0.352 e. The number of nitrogens with one attached hydrogen (secondary N) is 2. The van der Waals surface area contributed by atoms with Crippen LogP contribution in [0.1, 0.15) is 26.2 Å². The van der Waals surface area contributed by atoms with Gasteiger partial charge in [0.25, 0.3) is 0 Å². The minimum atomic E-state index is -3.10. The van der Waals surface area contributed by atoms with Gasteiger partial charge < -0.3 is 10.6 Å². The Hall–Kier alpha value is -0.660. The molecule has 1 saturated carbocycles. The van der Waals surface area contributed by atoms with Crippen molar-refractivity contribution < 1.29 is 13.2 Å². The summed E-state index contributed by atoms with van der Waals surface area (Å²) in [6, 6.07) is 0.389. The highest BCUT2D eigenvalue weighted by molar-refractivity contribution is 7.88. The summed E-state index contributed by atoms with van der Waals surface area (Å²) in [5.41, 5.74) is 0. The molecule has 1 aliphatic carbocycles. The van der Waals surface area contributed by atoms with Crippen molar-refractivity contribution in [2.24, 2.45) is 0 Å². The van der Waals surface area contributed by atoms with Crippen molar-refractivity contribution in [2.45, 2.75) is 32.2 Å². The Balaban J connectivity index is 2.04. The van der Waals surface area contributed by atoms with Crippen molar-refractivity contribution in [1.29, 1.82) is 0 Å². The van der Waals surface area contributed by atoms with E-state index < -0.39 is 10.0 Å². The lowest BCUT2D eigenvalue weighted by Crippen LogP contribution is -2.37. The zero-order valence-corrected chi connectivity index (χ0v) is 11.9. The zero-order chi connectivity index (χ0) is 13.6. The Bertz CT molecular complexity index is 366. The molecule has 0 heterocycles. The molecule has 18 heavy (non-hydrogen) atoms. The highest BCUT2D eigenvalue weighted by Crippen LogP contribution is 2.18. The van der Waals surface area contributed by atoms with Gasteiger partial charge >= 0.3 is 0 Å². The maximum absolute atomic E-state index is 11.3. The lowest BCUT2D eigenvalue weighted by atomic mass is 10.4. The second-order valence-corrected chi connectivity index (χ2v) is 6.61. The summed E-state index contributed by atoms with van der Waals surface area (Å²) in [4.78, 5) is 11.3. The van der Waals surface area contributed by atoms with E-state index in [1.54, 1.807) is 0 Å². The quantitative estimate of drug-likeness (QED) is 0.558. The molecule has 0 spiro atoms. The summed E-state index contributed by atoms with van der Waals surface area (Å²) in [7, 11) is -3.10. The summed E-state index contributed by atoms with van der Waals surface area (Å²) in [6.45, 7) is 3.75. The first-order chi connectivity index (χ1) is 8.43. The molecule has 0 aromatic carbocycles. The number of sulfonamides is 1. The van der Waals surface area contributed by atoms with E-state index in [9.17, 15) is 13.2 Å². The van der Waals surface area contributed by atoms with Gasteiger partial charge in [-0.2, -0.15) is 0 Å². The predicted octanol–water partition coefficient (Wildman–Crippen LogP) is -0.474. The molecule has 106 valence electrons. The molecule has 0 radical (unpaired) electrons. The standard InChI is InChI=1S/C11H23N3O3S/c1-3-14(18(2,16)17)8-4-7-12-9-11(15)13-10-5-6-10/h10,12H,3-9H2,1-2H3,(H,13,15). The van der Waals surface area contributed by atoms with E-state index in [2.05, 4.69) is 10.6 Å². The highest BCUT2D eigenvalue weighted by Gasteiger charge is 2.22. The lowest BCUT2D eigenvalue weighted by Gasteiger charge is -2.17. The van der Waals surface area contributed by atoms with Crippen LogP contribution in [0.5, 0.6) is 0 Å². The first-order valence-electron chi connectivity index (χ1n) is 6.38. The molecule has 0 bridgehead atoms. The summed E-state index contributed by atoms with van der Waals surface area (Å²) in [6.07, 6.45) is 4.10. The van der Waals surface area contributed by atoms with Crippen molar-refractivity contribution in [1.82, 2.24) is 14.9 Å². The van der Waals surface area contributed by atoms with Gasteiger partial charge in [-0.25, -0.2) is 12.7 Å². The minimum absolute atomic E-state index is 0.0213. The van der Waals surface area contributed by atoms with Gasteiger partial charge in [-0.1, -0.05) is 6.92 Å². The Labute approximate surface area is 109 Å². The van der Waals surface area contributed by atoms with E-state index in [-0.39, 0.29) is 5.91 Å². The molecule has 0 unspecified atom stereocenters. The highest BCUT2D eigenvalue weighted by atomic mass is 32.2. The number of hydrogen-bond acceptors (Lipinski definition) is 4. The Morgan fingerprint density at radius 3 is 2.56 bits per heavy atom. The molecule has 0 atom stereocenters. The lowest BCUT2D eigenvalue weighted by molar-refractivity contribution is -0.120. The number of carbonyl (C=O) groups is 1. The summed E-state index contributed by atoms with van der Waals surface area (Å²) in [5.74, 6) is 0.0213. The third kappa shape index (κ3) is 6.32. The molecule has 7 heteroatoms. The van der Waals surface area contributed by atoms with Gasteiger partial charge in [-0.15, -0.1) is 0 Å². The van der Waals surface area contributed by atoms with Crippen LogP contribution in [0.4, 0.5) is 0 Å². The first-order valence-corrected chi connectivity index (χ1v) is 8.23. The van der Waals surface area contributed by atoms with E-state index >= 15 is 0 Å². The van der Waals surface area contributed by atoms with E-state index in [1.807, 2.05) is 6.92 Å². The average Bonchev–Trinajstić information content (AvgIpc) is 3.05. The van der Waals surface area contributed by atoms with E-state index in [1.165, 1.54) is 10.6 Å². The zero-order valence-electron chi connectivity index (χ0n) is 11.1. The third-order valence-electron chi connectivity index (χ3n) is 2.81. The van der Waals surface area contributed by atoms with E-state index in [0.29, 0.717) is 38.6 Å². The van der Waals surface area contributed by atoms with Crippen LogP contribution in [0.25, 0.3) is 0 Å². The maximum Gasteiger partial charge on any atom is 0.234 e. The summed E-state index contributed by atoms with van der Waals surface area (Å²) in [5, 5.41) is 5.90. The van der Waals surface area contributed by atoms with Gasteiger partial charge in [0.05, 0.1) is 12.8 Å². The molecular formula is C11H23N3O3S. The fourth-order valence-corrected chi connectivity index (χ4v) is 2.58. The van der Waals surface area contributed by atoms with Gasteiger partial charge in [-0.05, 0) is 25.8 Å². The largest absolute Gasteiger partial charge is 0.352 e. The molecule has 0 aliphatic heterocycles. The number of carbonyl (C=O) groups excluding carboxylic acids is 1. The van der Waals surface area contributed by atoms with Crippen LogP contribution in [0.2, 0.25) is 0 Å². The van der Waals surface area contributed by atoms with Crippen molar-refractivity contribution in [3.05, 3.63) is 0 Å². The van der Waals surface area contributed by atoms with Crippen LogP contribution in [-0.2, 0) is 14.8 Å². The fraction of sp³-hybridized carbons (Fsp3) is 0.909. The van der Waals surface area contributed by atoms with Crippen LogP contribution < -0.4 is 10.6 Å². The van der Waals surface area contributed by atoms with Crippen LogP contribution in [0.3, 0.4) is 0 Å². The SMILES string of the molecule is CCN(CCCNCC(=O)NC1CC1)S(C)(=O)=O. The van der Waals surface area contributed by atoms with Gasteiger partial charge in [0.15, 0.2) is 0 Å². The van der Waals surface area contributed by atoms with Crippen molar-refractivity contribution in [3.63, 3.8) is 0 Å². The van der Waals surface area contributed by atoms with Gasteiger partial charge in [0.2, 0.25) is 15.9 Å². The molecule has 2 N–H and O–H groups in total. The summed E-state index contributed by atoms with van der Waals surface area (Å²) >= 11 is 0. The van der Waals surface area contributed by atoms with Crippen molar-refractivity contribution in [3.8, 4) is 0 Å². The smallest absolute Gasteiger partial charge is 0.234 e. The number of rotatable bonds is 9. The number of nitrogens with zero attached hydrogens (tertiary/aromatic N) is 1. The van der Waals surface area contributed by atoms with Crippen molar-refractivity contribution >= 4 is 15.9 Å². The Morgan fingerprint density at radius 1 is 1.39 bits per heavy atom. The van der Waals surface area contributed by atoms with Crippen LogP contribution in [-0.4, -0.2) is 57.1 Å². The Kier molecular flexibility index (Phi) is 6.04. The second-order valence-electron chi connectivity index (χ2n) is 4.63. The topological polar surface area (TPSA) is 78.5 Å². The maximum atomic E-state index is 11.3. The average molecular weight is 277 g/mol. The molecular weight excluding hydrogens is 254 g/mol. The molecule has 1 rings (SSSR count). The molecule has 1 fully saturated rings. The van der Waals surface area contributed by atoms with E-state index in [4.69, 9.17) is 0 Å². The second kappa shape index (κ2) is 7.06. The van der Waals surface area contributed by atoms with E-state index in [0.717, 1.165) is 12.8 Å². The predicted molar refractivity (Wildman–Crippen MR) is 70.7 cm³/mol. The van der Waals surface area contributed by atoms with Gasteiger partial charge in [0, 0.05) is 19.1 Å². The van der Waals surface area contributed by atoms with Crippen LogP contribution >= 0.6 is 0 Å². The molecule has 0 aromatic heterocycles. The molecule has 1 amide bonds. The number of amides is 1. The van der Waals surface area contributed by atoms with Crippen LogP contribution in [0.15, 0.2) is 0 Å². The molecule has 6 nitrogen and oxygen atoms in total. The molecule has 1 aliphatic rings. The summed E-state index contributed by atoms with van der Waals surface area (Å²) < 4.78 is 24.0. The Morgan fingerprint density at radius 2 is 2.06 bits per heavy atom. The monoisotopic (exact) mass is 277 g/mol. The molecule has 0 aromatic rings. The van der Waals surface area contributed by atoms with Gasteiger partial charge in [0.1, 0.15) is 0 Å². The fourth-order valence-electron chi connectivity index (χ4n) is 1.65. The first kappa shape index (κ1) is 15.4. The van der Waals surface area contributed by atoms with Gasteiger partial charge in [-0.3, -0.25) is 4.79 Å².